The monoisotopic (exact) mass is 300 g/mol. The molecule has 0 N–H and O–H groups in total. The fourth-order valence-corrected chi connectivity index (χ4v) is 2.60. The molecule has 4 heteroatoms. The van der Waals surface area contributed by atoms with Gasteiger partial charge in [0, 0.05) is 12.6 Å². The number of aromatic nitrogens is 1. The lowest BCUT2D eigenvalue weighted by Gasteiger charge is -2.22. The normalized spacial score (nSPS) is 14.0. The molecule has 1 heterocycles. The Kier molecular flexibility index (Phi) is 3.93. The molecule has 0 radical (unpaired) electrons. The van der Waals surface area contributed by atoms with E-state index < -0.39 is 0 Å². The lowest BCUT2D eigenvalue weighted by atomic mass is 10.1. The predicted octanol–water partition coefficient (Wildman–Crippen LogP) is 3.85. The molecule has 1 aliphatic rings. The molecular weight excluding hydrogens is 284 g/mol. The first kappa shape index (κ1) is 14.1. The average molecular weight is 301 g/mol. The molecule has 3 rings (SSSR count). The van der Waals surface area contributed by atoms with Gasteiger partial charge in [-0.05, 0) is 37.5 Å². The number of carbonyl (C=O) groups is 1. The molecule has 0 saturated heterocycles. The van der Waals surface area contributed by atoms with E-state index in [1.54, 1.807) is 18.2 Å². The Hall–Kier alpha value is -1.87. The third kappa shape index (κ3) is 3.42. The predicted molar refractivity (Wildman–Crippen MR) is 83.3 cm³/mol. The number of hydrogen-bond donors (Lipinski definition) is 0. The third-order valence-electron chi connectivity index (χ3n) is 3.62. The van der Waals surface area contributed by atoms with Crippen LogP contribution in [0.15, 0.2) is 42.5 Å². The van der Waals surface area contributed by atoms with Crippen molar-refractivity contribution in [2.24, 2.45) is 0 Å². The Balaban J connectivity index is 1.83. The minimum absolute atomic E-state index is 0.0403. The van der Waals surface area contributed by atoms with Gasteiger partial charge in [-0.25, -0.2) is 4.98 Å². The van der Waals surface area contributed by atoms with E-state index >= 15 is 0 Å². The topological polar surface area (TPSA) is 33.2 Å². The number of benzene rings is 1. The molecule has 3 nitrogen and oxygen atoms in total. The summed E-state index contributed by atoms with van der Waals surface area (Å²) in [6.07, 6.45) is 2.14. The van der Waals surface area contributed by atoms with E-state index in [0.29, 0.717) is 23.4 Å². The van der Waals surface area contributed by atoms with Crippen molar-refractivity contribution in [3.05, 3.63) is 64.4 Å². The van der Waals surface area contributed by atoms with Crippen LogP contribution in [-0.2, 0) is 6.54 Å². The van der Waals surface area contributed by atoms with Crippen molar-refractivity contribution >= 4 is 17.5 Å². The van der Waals surface area contributed by atoms with Crippen molar-refractivity contribution < 1.29 is 4.79 Å². The van der Waals surface area contributed by atoms with E-state index in [1.165, 1.54) is 5.56 Å². The second-order valence-corrected chi connectivity index (χ2v) is 5.89. The minimum atomic E-state index is -0.0403. The standard InChI is InChI=1S/C17H17ClN2O/c1-12-4-2-5-13(10-12)11-20(14-8-9-14)17(21)15-6-3-7-16(18)19-15/h2-7,10,14H,8-9,11H2,1H3. The smallest absolute Gasteiger partial charge is 0.273 e. The number of hydrogen-bond acceptors (Lipinski definition) is 2. The minimum Gasteiger partial charge on any atom is -0.330 e. The first-order valence-corrected chi connectivity index (χ1v) is 7.50. The maximum Gasteiger partial charge on any atom is 0.273 e. The summed E-state index contributed by atoms with van der Waals surface area (Å²) in [5, 5.41) is 0.354. The molecular formula is C17H17ClN2O. The van der Waals surface area contributed by atoms with Gasteiger partial charge in [0.15, 0.2) is 0 Å². The highest BCUT2D eigenvalue weighted by Gasteiger charge is 2.33. The summed E-state index contributed by atoms with van der Waals surface area (Å²) in [5.74, 6) is -0.0403. The molecule has 1 aromatic carbocycles. The Morgan fingerprint density at radius 2 is 2.05 bits per heavy atom. The zero-order valence-electron chi connectivity index (χ0n) is 11.9. The van der Waals surface area contributed by atoms with Crippen molar-refractivity contribution in [3.8, 4) is 0 Å². The largest absolute Gasteiger partial charge is 0.330 e. The molecule has 108 valence electrons. The van der Waals surface area contributed by atoms with E-state index in [2.05, 4.69) is 30.1 Å². The SMILES string of the molecule is Cc1cccc(CN(C(=O)c2cccc(Cl)n2)C2CC2)c1. The summed E-state index contributed by atoms with van der Waals surface area (Å²) in [6, 6.07) is 13.8. The van der Waals surface area contributed by atoms with E-state index in [1.807, 2.05) is 11.0 Å². The van der Waals surface area contributed by atoms with Crippen molar-refractivity contribution in [3.63, 3.8) is 0 Å². The highest BCUT2D eigenvalue weighted by molar-refractivity contribution is 6.29. The van der Waals surface area contributed by atoms with Gasteiger partial charge in [0.05, 0.1) is 0 Å². The second-order valence-electron chi connectivity index (χ2n) is 5.50. The van der Waals surface area contributed by atoms with Gasteiger partial charge in [0.1, 0.15) is 10.8 Å². The second kappa shape index (κ2) is 5.86. The molecule has 0 aliphatic heterocycles. The molecule has 1 amide bonds. The van der Waals surface area contributed by atoms with Crippen molar-refractivity contribution in [2.75, 3.05) is 0 Å². The average Bonchev–Trinajstić information content (AvgIpc) is 3.29. The molecule has 0 unspecified atom stereocenters. The zero-order chi connectivity index (χ0) is 14.8. The third-order valence-corrected chi connectivity index (χ3v) is 3.83. The van der Waals surface area contributed by atoms with Crippen LogP contribution in [0.4, 0.5) is 0 Å². The Bertz CT molecular complexity index is 667. The van der Waals surface area contributed by atoms with Gasteiger partial charge in [0.2, 0.25) is 0 Å². The fraction of sp³-hybridized carbons (Fsp3) is 0.294. The number of aryl methyl sites for hydroxylation is 1. The molecule has 1 saturated carbocycles. The number of halogens is 1. The summed E-state index contributed by atoms with van der Waals surface area (Å²) in [6.45, 7) is 2.69. The van der Waals surface area contributed by atoms with Crippen LogP contribution in [0.1, 0.15) is 34.5 Å². The molecule has 0 spiro atoms. The van der Waals surface area contributed by atoms with Gasteiger partial charge in [0.25, 0.3) is 5.91 Å². The zero-order valence-corrected chi connectivity index (χ0v) is 12.7. The summed E-state index contributed by atoms with van der Waals surface area (Å²) >= 11 is 5.89. The Labute approximate surface area is 129 Å². The van der Waals surface area contributed by atoms with Gasteiger partial charge < -0.3 is 4.90 Å². The van der Waals surface area contributed by atoms with Crippen LogP contribution >= 0.6 is 11.6 Å². The molecule has 0 bridgehead atoms. The molecule has 1 aromatic heterocycles. The van der Waals surface area contributed by atoms with Gasteiger partial charge >= 0.3 is 0 Å². The van der Waals surface area contributed by atoms with Crippen molar-refractivity contribution in [2.45, 2.75) is 32.4 Å². The van der Waals surface area contributed by atoms with Crippen LogP contribution in [-0.4, -0.2) is 21.8 Å². The van der Waals surface area contributed by atoms with Crippen LogP contribution in [0.25, 0.3) is 0 Å². The number of carbonyl (C=O) groups excluding carboxylic acids is 1. The highest BCUT2D eigenvalue weighted by atomic mass is 35.5. The van der Waals surface area contributed by atoms with E-state index in [4.69, 9.17) is 11.6 Å². The lowest BCUT2D eigenvalue weighted by molar-refractivity contribution is 0.0724. The van der Waals surface area contributed by atoms with E-state index in [-0.39, 0.29) is 5.91 Å². The van der Waals surface area contributed by atoms with Crippen LogP contribution in [0.5, 0.6) is 0 Å². The van der Waals surface area contributed by atoms with Gasteiger partial charge in [-0.15, -0.1) is 0 Å². The molecule has 2 aromatic rings. The number of nitrogens with zero attached hydrogens (tertiary/aromatic N) is 2. The van der Waals surface area contributed by atoms with E-state index in [9.17, 15) is 4.79 Å². The molecule has 1 fully saturated rings. The first-order chi connectivity index (χ1) is 10.1. The van der Waals surface area contributed by atoms with Crippen LogP contribution in [0, 0.1) is 6.92 Å². The summed E-state index contributed by atoms with van der Waals surface area (Å²) < 4.78 is 0. The molecule has 21 heavy (non-hydrogen) atoms. The highest BCUT2D eigenvalue weighted by Crippen LogP contribution is 2.29. The van der Waals surface area contributed by atoms with Crippen molar-refractivity contribution in [1.82, 2.24) is 9.88 Å². The molecule has 1 aliphatic carbocycles. The quantitative estimate of drug-likeness (QED) is 0.804. The number of amides is 1. The fourth-order valence-electron chi connectivity index (χ4n) is 2.43. The van der Waals surface area contributed by atoms with Gasteiger partial charge in [-0.3, -0.25) is 4.79 Å². The van der Waals surface area contributed by atoms with E-state index in [0.717, 1.165) is 18.4 Å². The summed E-state index contributed by atoms with van der Waals surface area (Å²) in [7, 11) is 0. The number of pyridine rings is 1. The van der Waals surface area contributed by atoms with Crippen LogP contribution in [0.2, 0.25) is 5.15 Å². The summed E-state index contributed by atoms with van der Waals surface area (Å²) in [5.41, 5.74) is 2.77. The van der Waals surface area contributed by atoms with Crippen LogP contribution < -0.4 is 0 Å². The van der Waals surface area contributed by atoms with Crippen LogP contribution in [0.3, 0.4) is 0 Å². The maximum absolute atomic E-state index is 12.7. The Morgan fingerprint density at radius 1 is 1.29 bits per heavy atom. The first-order valence-electron chi connectivity index (χ1n) is 7.12. The number of rotatable bonds is 4. The molecule has 0 atom stereocenters. The van der Waals surface area contributed by atoms with Crippen molar-refractivity contribution in [1.29, 1.82) is 0 Å². The van der Waals surface area contributed by atoms with Gasteiger partial charge in [-0.1, -0.05) is 47.5 Å². The lowest BCUT2D eigenvalue weighted by Crippen LogP contribution is -2.33. The Morgan fingerprint density at radius 3 is 2.71 bits per heavy atom. The van der Waals surface area contributed by atoms with Gasteiger partial charge in [-0.2, -0.15) is 0 Å². The maximum atomic E-state index is 12.7. The summed E-state index contributed by atoms with van der Waals surface area (Å²) in [4.78, 5) is 18.7.